The molecule has 0 radical (unpaired) electrons. The van der Waals surface area contributed by atoms with Gasteiger partial charge in [0, 0.05) is 32.8 Å². The van der Waals surface area contributed by atoms with Gasteiger partial charge in [0.25, 0.3) is 0 Å². The van der Waals surface area contributed by atoms with Gasteiger partial charge in [0.15, 0.2) is 8.07 Å². The summed E-state index contributed by atoms with van der Waals surface area (Å²) < 4.78 is 5.09. The summed E-state index contributed by atoms with van der Waals surface area (Å²) >= 11 is 0. The Hall–Kier alpha value is -7.98. The molecular formula is C60H42N2Si. The standard InChI is InChI=1S/C60H42N2Si/c1-6-21-43(22-7-1)45-25-18-26-46(41-45)61-59-51(44-23-8-2-9-24-44)34-19-35-54(59)55-36-20-38-57(60(55)61)62-56-37-17-16-33-52(56)53-40-39-50(42-58(53)62)63(47-27-10-3-11-28-47,48-29-12-4-13-30-48)49-31-14-5-15-32-49/h1-42H. The maximum Gasteiger partial charge on any atom is 0.179 e. The van der Waals surface area contributed by atoms with E-state index in [4.69, 9.17) is 0 Å². The average Bonchev–Trinajstić information content (AvgIpc) is 3.89. The van der Waals surface area contributed by atoms with Crippen molar-refractivity contribution in [3.8, 4) is 33.6 Å². The average molecular weight is 819 g/mol. The van der Waals surface area contributed by atoms with E-state index in [0.29, 0.717) is 0 Å². The Balaban J connectivity index is 1.22. The molecule has 63 heavy (non-hydrogen) atoms. The summed E-state index contributed by atoms with van der Waals surface area (Å²) in [6.45, 7) is 0. The highest BCUT2D eigenvalue weighted by Crippen LogP contribution is 2.43. The third-order valence-electron chi connectivity index (χ3n) is 13.1. The van der Waals surface area contributed by atoms with Crippen molar-refractivity contribution in [3.63, 3.8) is 0 Å². The van der Waals surface area contributed by atoms with Gasteiger partial charge in [0.05, 0.1) is 27.8 Å². The van der Waals surface area contributed by atoms with Gasteiger partial charge in [-0.25, -0.2) is 0 Å². The van der Waals surface area contributed by atoms with Crippen molar-refractivity contribution in [3.05, 3.63) is 255 Å². The number of rotatable bonds is 8. The Kier molecular flexibility index (Phi) is 8.87. The van der Waals surface area contributed by atoms with Gasteiger partial charge in [0.1, 0.15) is 0 Å². The molecule has 12 rings (SSSR count). The molecule has 0 saturated carbocycles. The first-order valence-corrected chi connectivity index (χ1v) is 23.8. The van der Waals surface area contributed by atoms with E-state index < -0.39 is 8.07 Å². The molecule has 0 N–H and O–H groups in total. The van der Waals surface area contributed by atoms with Crippen LogP contribution >= 0.6 is 0 Å². The van der Waals surface area contributed by atoms with Crippen molar-refractivity contribution >= 4 is 72.4 Å². The van der Waals surface area contributed by atoms with Gasteiger partial charge in [0.2, 0.25) is 0 Å². The van der Waals surface area contributed by atoms with E-state index in [0.717, 1.165) is 11.4 Å². The highest BCUT2D eigenvalue weighted by atomic mass is 28.3. The molecule has 0 bridgehead atoms. The van der Waals surface area contributed by atoms with Crippen molar-refractivity contribution in [2.45, 2.75) is 0 Å². The lowest BCUT2D eigenvalue weighted by molar-refractivity contribution is 1.13. The number of hydrogen-bond donors (Lipinski definition) is 0. The van der Waals surface area contributed by atoms with E-state index in [-0.39, 0.29) is 0 Å². The highest BCUT2D eigenvalue weighted by molar-refractivity contribution is 7.20. The predicted molar refractivity (Wildman–Crippen MR) is 270 cm³/mol. The topological polar surface area (TPSA) is 9.86 Å². The summed E-state index contributed by atoms with van der Waals surface area (Å²) in [6, 6.07) is 94.3. The highest BCUT2D eigenvalue weighted by Gasteiger charge is 2.41. The Bertz CT molecular complexity index is 3500. The minimum atomic E-state index is -2.84. The first-order valence-electron chi connectivity index (χ1n) is 21.8. The molecule has 10 aromatic carbocycles. The van der Waals surface area contributed by atoms with Crippen molar-refractivity contribution in [1.29, 1.82) is 0 Å². The summed E-state index contributed by atoms with van der Waals surface area (Å²) in [5.41, 5.74) is 11.8. The first-order chi connectivity index (χ1) is 31.3. The predicted octanol–water partition coefficient (Wildman–Crippen LogP) is 12.6. The van der Waals surface area contributed by atoms with E-state index in [2.05, 4.69) is 264 Å². The van der Waals surface area contributed by atoms with Crippen LogP contribution in [0.25, 0.3) is 77.2 Å². The van der Waals surface area contributed by atoms with Crippen LogP contribution in [0.4, 0.5) is 0 Å². The van der Waals surface area contributed by atoms with Gasteiger partial charge in [-0.05, 0) is 67.8 Å². The van der Waals surface area contributed by atoms with E-state index >= 15 is 0 Å². The summed E-state index contributed by atoms with van der Waals surface area (Å²) in [6.07, 6.45) is 0. The molecule has 0 unspecified atom stereocenters. The Labute approximate surface area is 368 Å². The Morgan fingerprint density at radius 2 is 0.762 bits per heavy atom. The molecule has 0 aliphatic carbocycles. The van der Waals surface area contributed by atoms with Crippen LogP contribution in [-0.2, 0) is 0 Å². The summed E-state index contributed by atoms with van der Waals surface area (Å²) in [4.78, 5) is 0. The maximum absolute atomic E-state index is 2.84. The van der Waals surface area contributed by atoms with Crippen LogP contribution in [0.1, 0.15) is 0 Å². The normalized spacial score (nSPS) is 11.8. The van der Waals surface area contributed by atoms with Gasteiger partial charge in [-0.3, -0.25) is 0 Å². The van der Waals surface area contributed by atoms with Gasteiger partial charge >= 0.3 is 0 Å². The largest absolute Gasteiger partial charge is 0.307 e. The van der Waals surface area contributed by atoms with Crippen LogP contribution in [0.2, 0.25) is 0 Å². The number of fused-ring (bicyclic) bond motifs is 6. The van der Waals surface area contributed by atoms with Crippen molar-refractivity contribution < 1.29 is 0 Å². The Morgan fingerprint density at radius 1 is 0.270 bits per heavy atom. The SMILES string of the molecule is c1ccc(-c2cccc(-n3c4c(-c5ccccc5)cccc4c4cccc(-n5c6ccccc6c6ccc([Si](c7ccccc7)(c7ccccc7)c7ccccc7)cc65)c43)c2)cc1. The molecule has 0 amide bonds. The second-order valence-corrected chi connectivity index (χ2v) is 20.2. The van der Waals surface area contributed by atoms with E-state index in [1.165, 1.54) is 86.6 Å². The molecule has 12 aromatic rings. The second-order valence-electron chi connectivity index (χ2n) is 16.4. The first kappa shape index (κ1) is 36.8. The number of para-hydroxylation sites is 3. The number of nitrogens with zero attached hydrogens (tertiary/aromatic N) is 2. The monoisotopic (exact) mass is 818 g/mol. The summed E-state index contributed by atoms with van der Waals surface area (Å²) in [5.74, 6) is 0. The van der Waals surface area contributed by atoms with Gasteiger partial charge in [-0.2, -0.15) is 0 Å². The smallest absolute Gasteiger partial charge is 0.179 e. The third-order valence-corrected chi connectivity index (χ3v) is 17.8. The van der Waals surface area contributed by atoms with E-state index in [1.54, 1.807) is 0 Å². The number of aromatic nitrogens is 2. The molecule has 0 spiro atoms. The summed E-state index contributed by atoms with van der Waals surface area (Å²) in [5, 5.41) is 10.3. The lowest BCUT2D eigenvalue weighted by atomic mass is 10.0. The minimum Gasteiger partial charge on any atom is -0.307 e. The van der Waals surface area contributed by atoms with Gasteiger partial charge < -0.3 is 9.13 Å². The van der Waals surface area contributed by atoms with Gasteiger partial charge in [-0.1, -0.05) is 224 Å². The van der Waals surface area contributed by atoms with Crippen LogP contribution in [-0.4, -0.2) is 17.2 Å². The van der Waals surface area contributed by atoms with Crippen LogP contribution in [0.5, 0.6) is 0 Å². The van der Waals surface area contributed by atoms with Crippen LogP contribution in [0.3, 0.4) is 0 Å². The van der Waals surface area contributed by atoms with Crippen LogP contribution in [0, 0.1) is 0 Å². The molecule has 2 nitrogen and oxygen atoms in total. The quantitative estimate of drug-likeness (QED) is 0.107. The zero-order chi connectivity index (χ0) is 41.7. The zero-order valence-corrected chi connectivity index (χ0v) is 35.6. The molecule has 0 aliphatic heterocycles. The van der Waals surface area contributed by atoms with Gasteiger partial charge in [-0.15, -0.1) is 0 Å². The number of hydrogen-bond acceptors (Lipinski definition) is 0. The molecule has 0 aliphatic rings. The number of benzene rings is 10. The van der Waals surface area contributed by atoms with Crippen LogP contribution < -0.4 is 20.7 Å². The van der Waals surface area contributed by atoms with Crippen molar-refractivity contribution in [2.75, 3.05) is 0 Å². The molecule has 296 valence electrons. The van der Waals surface area contributed by atoms with E-state index in [9.17, 15) is 0 Å². The third kappa shape index (κ3) is 5.85. The lowest BCUT2D eigenvalue weighted by Gasteiger charge is -2.34. The zero-order valence-electron chi connectivity index (χ0n) is 34.6. The fourth-order valence-electron chi connectivity index (χ4n) is 10.4. The van der Waals surface area contributed by atoms with Crippen molar-refractivity contribution in [1.82, 2.24) is 9.13 Å². The maximum atomic E-state index is 2.55. The molecule has 3 heteroatoms. The molecule has 0 saturated heterocycles. The fraction of sp³-hybridized carbons (Fsp3) is 0. The van der Waals surface area contributed by atoms with E-state index in [1.807, 2.05) is 0 Å². The second kappa shape index (κ2) is 15.2. The lowest BCUT2D eigenvalue weighted by Crippen LogP contribution is -2.74. The molecule has 2 heterocycles. The summed E-state index contributed by atoms with van der Waals surface area (Å²) in [7, 11) is -2.84. The van der Waals surface area contributed by atoms with Crippen LogP contribution in [0.15, 0.2) is 255 Å². The molecule has 0 fully saturated rings. The molecule has 0 atom stereocenters. The van der Waals surface area contributed by atoms with Crippen molar-refractivity contribution in [2.24, 2.45) is 0 Å². The molecular weight excluding hydrogens is 777 g/mol. The Morgan fingerprint density at radius 3 is 1.41 bits per heavy atom. The minimum absolute atomic E-state index is 1.12. The fourth-order valence-corrected chi connectivity index (χ4v) is 15.1. The molecule has 2 aromatic heterocycles.